The number of carbonyl (C=O) groups excluding carboxylic acids is 1. The molecule has 6 nitrogen and oxygen atoms in total. The second-order valence-electron chi connectivity index (χ2n) is 6.84. The zero-order valence-electron chi connectivity index (χ0n) is 16.6. The number of guanidine groups is 1. The molecular weight excluding hydrogens is 388 g/mol. The Morgan fingerprint density at radius 3 is 2.59 bits per heavy atom. The summed E-state index contributed by atoms with van der Waals surface area (Å²) in [6, 6.07) is 17.5. The summed E-state index contributed by atoms with van der Waals surface area (Å²) < 4.78 is 5.39. The van der Waals surface area contributed by atoms with Gasteiger partial charge in [-0.1, -0.05) is 54.1 Å². The average Bonchev–Trinajstić information content (AvgIpc) is 2.77. The average molecular weight is 415 g/mol. The van der Waals surface area contributed by atoms with Crippen LogP contribution in [-0.2, 0) is 16.1 Å². The highest BCUT2D eigenvalue weighted by Crippen LogP contribution is 2.19. The zero-order valence-corrected chi connectivity index (χ0v) is 17.4. The lowest BCUT2D eigenvalue weighted by molar-refractivity contribution is -0.136. The molecule has 7 heteroatoms. The van der Waals surface area contributed by atoms with E-state index < -0.39 is 0 Å². The highest BCUT2D eigenvalue weighted by Gasteiger charge is 2.27. The Morgan fingerprint density at radius 1 is 1.14 bits per heavy atom. The highest BCUT2D eigenvalue weighted by atomic mass is 35.5. The largest absolute Gasteiger partial charge is 0.378 e. The molecule has 1 aliphatic heterocycles. The van der Waals surface area contributed by atoms with E-state index in [0.29, 0.717) is 50.4 Å². The summed E-state index contributed by atoms with van der Waals surface area (Å²) in [4.78, 5) is 19.3. The van der Waals surface area contributed by atoms with Gasteiger partial charge >= 0.3 is 0 Å². The van der Waals surface area contributed by atoms with Gasteiger partial charge in [-0.2, -0.15) is 0 Å². The Morgan fingerprint density at radius 2 is 1.90 bits per heavy atom. The smallest absolute Gasteiger partial charge is 0.232 e. The highest BCUT2D eigenvalue weighted by molar-refractivity contribution is 6.30. The molecule has 1 atom stereocenters. The summed E-state index contributed by atoms with van der Waals surface area (Å²) >= 11 is 6.05. The predicted molar refractivity (Wildman–Crippen MR) is 116 cm³/mol. The maximum absolute atomic E-state index is 13.2. The lowest BCUT2D eigenvalue weighted by Gasteiger charge is -2.31. The molecule has 2 N–H and O–H groups in total. The fourth-order valence-corrected chi connectivity index (χ4v) is 3.50. The third-order valence-electron chi connectivity index (χ3n) is 4.87. The van der Waals surface area contributed by atoms with Gasteiger partial charge in [-0.05, 0) is 23.3 Å². The molecule has 29 heavy (non-hydrogen) atoms. The minimum Gasteiger partial charge on any atom is -0.378 e. The number of ether oxygens (including phenoxy) is 1. The Kier molecular flexibility index (Phi) is 7.90. The van der Waals surface area contributed by atoms with Crippen molar-refractivity contribution in [3.63, 3.8) is 0 Å². The van der Waals surface area contributed by atoms with Gasteiger partial charge in [0.1, 0.15) is 0 Å². The number of halogens is 1. The Labute approximate surface area is 176 Å². The number of rotatable bonds is 6. The number of aliphatic imine (C=N–C) groups is 1. The molecule has 0 bridgehead atoms. The number of morpholine rings is 1. The van der Waals surface area contributed by atoms with Crippen LogP contribution in [0.3, 0.4) is 0 Å². The van der Waals surface area contributed by atoms with Crippen LogP contribution in [0.5, 0.6) is 0 Å². The number of nitrogens with one attached hydrogen (secondary N) is 2. The number of nitrogens with zero attached hydrogens (tertiary/aromatic N) is 2. The normalized spacial score (nSPS) is 15.7. The summed E-state index contributed by atoms with van der Waals surface area (Å²) in [6.45, 7) is 3.48. The first-order chi connectivity index (χ1) is 14.2. The number of benzene rings is 2. The predicted octanol–water partition coefficient (Wildman–Crippen LogP) is 2.65. The van der Waals surface area contributed by atoms with E-state index in [1.165, 1.54) is 0 Å². The molecule has 0 aliphatic carbocycles. The number of hydrogen-bond acceptors (Lipinski definition) is 3. The van der Waals surface area contributed by atoms with Gasteiger partial charge in [0.15, 0.2) is 5.96 Å². The molecule has 2 aromatic carbocycles. The molecule has 0 radical (unpaired) electrons. The minimum absolute atomic E-state index is 0.109. The minimum atomic E-state index is -0.293. The van der Waals surface area contributed by atoms with E-state index in [-0.39, 0.29) is 11.8 Å². The fraction of sp³-hybridized carbons (Fsp3) is 0.364. The van der Waals surface area contributed by atoms with Crippen molar-refractivity contribution >= 4 is 23.5 Å². The monoisotopic (exact) mass is 414 g/mol. The first-order valence-electron chi connectivity index (χ1n) is 9.78. The lowest BCUT2D eigenvalue weighted by atomic mass is 9.97. The van der Waals surface area contributed by atoms with E-state index in [9.17, 15) is 4.79 Å². The van der Waals surface area contributed by atoms with Crippen molar-refractivity contribution in [2.75, 3.05) is 39.9 Å². The van der Waals surface area contributed by atoms with E-state index in [0.717, 1.165) is 11.1 Å². The van der Waals surface area contributed by atoms with E-state index in [2.05, 4.69) is 15.6 Å². The first-order valence-corrected chi connectivity index (χ1v) is 10.2. The molecule has 0 aromatic heterocycles. The third-order valence-corrected chi connectivity index (χ3v) is 5.10. The molecule has 154 valence electrons. The standard InChI is InChI=1S/C22H27ClN4O2/c1-24-22(25-15-17-6-5-9-19(23)14-17)26-16-20(18-7-3-2-4-8-18)21(28)27-10-12-29-13-11-27/h2-9,14,20H,10-13,15-16H2,1H3,(H2,24,25,26). The summed E-state index contributed by atoms with van der Waals surface area (Å²) in [5, 5.41) is 7.27. The van der Waals surface area contributed by atoms with Gasteiger partial charge in [0.2, 0.25) is 5.91 Å². The quantitative estimate of drug-likeness (QED) is 0.563. The van der Waals surface area contributed by atoms with Crippen molar-refractivity contribution in [2.24, 2.45) is 4.99 Å². The maximum atomic E-state index is 13.2. The maximum Gasteiger partial charge on any atom is 0.232 e. The molecule has 1 fully saturated rings. The molecule has 3 rings (SSSR count). The molecule has 0 saturated carbocycles. The van der Waals surface area contributed by atoms with Gasteiger partial charge in [0.05, 0.1) is 19.1 Å². The van der Waals surface area contributed by atoms with E-state index in [1.807, 2.05) is 59.5 Å². The van der Waals surface area contributed by atoms with Crippen LogP contribution in [0.1, 0.15) is 17.0 Å². The van der Waals surface area contributed by atoms with Crippen molar-refractivity contribution < 1.29 is 9.53 Å². The second-order valence-corrected chi connectivity index (χ2v) is 7.27. The number of hydrogen-bond donors (Lipinski definition) is 2. The Hall–Kier alpha value is -2.57. The van der Waals surface area contributed by atoms with Gasteiger partial charge in [-0.3, -0.25) is 9.79 Å². The Balaban J connectivity index is 1.64. The van der Waals surface area contributed by atoms with Crippen molar-refractivity contribution in [1.29, 1.82) is 0 Å². The summed E-state index contributed by atoms with van der Waals surface area (Å²) in [6.07, 6.45) is 0. The fourth-order valence-electron chi connectivity index (χ4n) is 3.29. The van der Waals surface area contributed by atoms with Gasteiger partial charge in [-0.15, -0.1) is 0 Å². The van der Waals surface area contributed by atoms with Crippen molar-refractivity contribution in [3.8, 4) is 0 Å². The first kappa shape index (κ1) is 21.1. The van der Waals surface area contributed by atoms with Gasteiger partial charge in [0, 0.05) is 38.2 Å². The number of amides is 1. The Bertz CT molecular complexity index is 823. The van der Waals surface area contributed by atoms with Crippen molar-refractivity contribution in [3.05, 3.63) is 70.7 Å². The topological polar surface area (TPSA) is 66.0 Å². The van der Waals surface area contributed by atoms with Crippen LogP contribution in [0.4, 0.5) is 0 Å². The van der Waals surface area contributed by atoms with Crippen LogP contribution in [0.15, 0.2) is 59.6 Å². The van der Waals surface area contributed by atoms with Crippen LogP contribution < -0.4 is 10.6 Å². The molecule has 1 heterocycles. The summed E-state index contributed by atoms with van der Waals surface area (Å²) in [5.74, 6) is 0.456. The SMILES string of the molecule is CN=C(NCc1cccc(Cl)c1)NCC(C(=O)N1CCOCC1)c1ccccc1. The summed E-state index contributed by atoms with van der Waals surface area (Å²) in [5.41, 5.74) is 2.05. The van der Waals surface area contributed by atoms with Crippen LogP contribution in [-0.4, -0.2) is 56.7 Å². The van der Waals surface area contributed by atoms with Crippen LogP contribution >= 0.6 is 11.6 Å². The molecular formula is C22H27ClN4O2. The molecule has 2 aromatic rings. The van der Waals surface area contributed by atoms with E-state index in [4.69, 9.17) is 16.3 Å². The van der Waals surface area contributed by atoms with Crippen LogP contribution in [0, 0.1) is 0 Å². The molecule has 1 aliphatic rings. The van der Waals surface area contributed by atoms with E-state index >= 15 is 0 Å². The number of carbonyl (C=O) groups is 1. The molecule has 0 spiro atoms. The third kappa shape index (κ3) is 6.21. The van der Waals surface area contributed by atoms with Gasteiger partial charge < -0.3 is 20.3 Å². The zero-order chi connectivity index (χ0) is 20.5. The van der Waals surface area contributed by atoms with Crippen molar-refractivity contribution in [2.45, 2.75) is 12.5 Å². The van der Waals surface area contributed by atoms with Crippen LogP contribution in [0.2, 0.25) is 5.02 Å². The van der Waals surface area contributed by atoms with Crippen molar-refractivity contribution in [1.82, 2.24) is 15.5 Å². The molecule has 1 unspecified atom stereocenters. The van der Waals surface area contributed by atoms with Crippen LogP contribution in [0.25, 0.3) is 0 Å². The van der Waals surface area contributed by atoms with Gasteiger partial charge in [-0.25, -0.2) is 0 Å². The second kappa shape index (κ2) is 10.8. The van der Waals surface area contributed by atoms with E-state index in [1.54, 1.807) is 7.05 Å². The lowest BCUT2D eigenvalue weighted by Crippen LogP contribution is -2.47. The molecule has 1 amide bonds. The molecule has 1 saturated heterocycles. The summed E-state index contributed by atoms with van der Waals surface area (Å²) in [7, 11) is 1.72. The van der Waals surface area contributed by atoms with Gasteiger partial charge in [0.25, 0.3) is 0 Å².